The van der Waals surface area contributed by atoms with Gasteiger partial charge in [0.05, 0.1) is 24.6 Å². The van der Waals surface area contributed by atoms with Crippen molar-refractivity contribution in [2.45, 2.75) is 19.4 Å². The summed E-state index contributed by atoms with van der Waals surface area (Å²) in [6.45, 7) is 2.16. The first-order valence-corrected chi connectivity index (χ1v) is 5.30. The van der Waals surface area contributed by atoms with E-state index in [0.29, 0.717) is 11.3 Å². The van der Waals surface area contributed by atoms with E-state index in [1.807, 2.05) is 0 Å². The van der Waals surface area contributed by atoms with Gasteiger partial charge in [-0.25, -0.2) is 4.79 Å². The van der Waals surface area contributed by atoms with Crippen molar-refractivity contribution in [2.75, 3.05) is 13.1 Å². The molecule has 0 spiro atoms. The van der Waals surface area contributed by atoms with Crippen LogP contribution in [0, 0.1) is 0 Å². The first-order chi connectivity index (χ1) is 7.99. The Kier molecular flexibility index (Phi) is 2.74. The predicted molar refractivity (Wildman–Crippen MR) is 57.0 cm³/mol. The summed E-state index contributed by atoms with van der Waals surface area (Å²) in [7, 11) is 0. The number of amides is 3. The molecule has 2 aliphatic heterocycles. The number of carboxylic acids is 1. The lowest BCUT2D eigenvalue weighted by atomic mass is 10.1. The lowest BCUT2D eigenvalue weighted by Crippen LogP contribution is -2.47. The molecule has 2 rings (SSSR count). The molecule has 2 heterocycles. The Bertz CT molecular complexity index is 429. The summed E-state index contributed by atoms with van der Waals surface area (Å²) in [6, 6.07) is -0.662. The number of aliphatic carboxylic acids is 1. The zero-order valence-corrected chi connectivity index (χ0v) is 9.32. The molecule has 0 fully saturated rings. The fourth-order valence-electron chi connectivity index (χ4n) is 2.05. The highest BCUT2D eigenvalue weighted by Crippen LogP contribution is 2.22. The van der Waals surface area contributed by atoms with E-state index < -0.39 is 5.97 Å². The Balaban J connectivity index is 2.09. The fraction of sp³-hybridized carbons (Fsp3) is 0.500. The van der Waals surface area contributed by atoms with Gasteiger partial charge in [0.25, 0.3) is 5.91 Å². The number of nitrogens with one attached hydrogen (secondary N) is 2. The maximum atomic E-state index is 12.0. The number of nitrogens with zero attached hydrogens (tertiary/aromatic N) is 1. The molecule has 1 atom stereocenters. The van der Waals surface area contributed by atoms with E-state index in [4.69, 9.17) is 5.11 Å². The summed E-state index contributed by atoms with van der Waals surface area (Å²) in [5, 5.41) is 13.8. The highest BCUT2D eigenvalue weighted by atomic mass is 16.4. The summed E-state index contributed by atoms with van der Waals surface area (Å²) in [5.74, 6) is -1.15. The number of rotatable bonds is 3. The number of urea groups is 1. The average Bonchev–Trinajstić information content (AvgIpc) is 2.52. The van der Waals surface area contributed by atoms with Crippen LogP contribution in [-0.2, 0) is 9.59 Å². The van der Waals surface area contributed by atoms with Gasteiger partial charge in [0, 0.05) is 12.2 Å². The Morgan fingerprint density at radius 1 is 1.53 bits per heavy atom. The van der Waals surface area contributed by atoms with E-state index in [0.717, 1.165) is 0 Å². The summed E-state index contributed by atoms with van der Waals surface area (Å²) in [4.78, 5) is 35.1. The molecular formula is C10H13N3O4. The number of hydrogen-bond donors (Lipinski definition) is 3. The van der Waals surface area contributed by atoms with Crippen LogP contribution in [0.25, 0.3) is 0 Å². The van der Waals surface area contributed by atoms with Gasteiger partial charge in [-0.15, -0.1) is 0 Å². The molecule has 0 radical (unpaired) electrons. The fourth-order valence-corrected chi connectivity index (χ4v) is 2.05. The van der Waals surface area contributed by atoms with Crippen LogP contribution in [-0.4, -0.2) is 47.0 Å². The number of carbonyl (C=O) groups is 3. The van der Waals surface area contributed by atoms with Crippen molar-refractivity contribution >= 4 is 17.9 Å². The Hall–Kier alpha value is -2.05. The van der Waals surface area contributed by atoms with Crippen LogP contribution < -0.4 is 10.6 Å². The van der Waals surface area contributed by atoms with E-state index in [9.17, 15) is 14.4 Å². The van der Waals surface area contributed by atoms with Gasteiger partial charge in [-0.1, -0.05) is 0 Å². The Morgan fingerprint density at radius 3 is 2.88 bits per heavy atom. The minimum absolute atomic E-state index is 0.0952. The van der Waals surface area contributed by atoms with Crippen LogP contribution in [0.5, 0.6) is 0 Å². The molecule has 2 aliphatic rings. The zero-order chi connectivity index (χ0) is 12.6. The molecule has 0 saturated heterocycles. The second kappa shape index (κ2) is 4.08. The zero-order valence-electron chi connectivity index (χ0n) is 9.32. The molecule has 17 heavy (non-hydrogen) atoms. The van der Waals surface area contributed by atoms with Gasteiger partial charge >= 0.3 is 12.0 Å². The molecule has 7 heteroatoms. The van der Waals surface area contributed by atoms with Crippen molar-refractivity contribution in [3.05, 3.63) is 11.3 Å². The third kappa shape index (κ3) is 2.08. The third-order valence-electron chi connectivity index (χ3n) is 2.83. The van der Waals surface area contributed by atoms with Crippen molar-refractivity contribution < 1.29 is 19.5 Å². The summed E-state index contributed by atoms with van der Waals surface area (Å²) < 4.78 is 0. The van der Waals surface area contributed by atoms with Gasteiger partial charge in [-0.05, 0) is 6.92 Å². The van der Waals surface area contributed by atoms with Crippen LogP contribution >= 0.6 is 0 Å². The first-order valence-electron chi connectivity index (χ1n) is 5.30. The lowest BCUT2D eigenvalue weighted by molar-refractivity contribution is -0.137. The molecule has 7 nitrogen and oxygen atoms in total. The standard InChI is InChI=1S/C10H13N3O4/c1-5-8-6(12-10(17)11-5)4-13(9(8)16)3-2-7(14)15/h5H,2-4H2,1H3,(H,14,15)(H2,11,12,17)/t5-/m0/s1. The molecule has 3 N–H and O–H groups in total. The molecular weight excluding hydrogens is 226 g/mol. The minimum atomic E-state index is -0.946. The third-order valence-corrected chi connectivity index (χ3v) is 2.83. The minimum Gasteiger partial charge on any atom is -0.481 e. The maximum Gasteiger partial charge on any atom is 0.319 e. The number of carboxylic acid groups (broad SMARTS) is 1. The summed E-state index contributed by atoms with van der Waals surface area (Å²) >= 11 is 0. The van der Waals surface area contributed by atoms with Crippen LogP contribution in [0.2, 0.25) is 0 Å². The van der Waals surface area contributed by atoms with Crippen molar-refractivity contribution in [3.8, 4) is 0 Å². The van der Waals surface area contributed by atoms with Gasteiger partial charge in [-0.3, -0.25) is 9.59 Å². The predicted octanol–water partition coefficient (Wildman–Crippen LogP) is -0.741. The smallest absolute Gasteiger partial charge is 0.319 e. The van der Waals surface area contributed by atoms with Crippen LogP contribution in [0.4, 0.5) is 4.79 Å². The second-order valence-electron chi connectivity index (χ2n) is 4.08. The molecule has 0 aromatic heterocycles. The van der Waals surface area contributed by atoms with E-state index in [-0.39, 0.29) is 37.5 Å². The van der Waals surface area contributed by atoms with Gasteiger partial charge in [0.1, 0.15) is 0 Å². The molecule has 0 saturated carbocycles. The van der Waals surface area contributed by atoms with E-state index in [2.05, 4.69) is 10.6 Å². The Morgan fingerprint density at radius 2 is 2.24 bits per heavy atom. The van der Waals surface area contributed by atoms with Crippen LogP contribution in [0.3, 0.4) is 0 Å². The molecule has 0 aliphatic carbocycles. The van der Waals surface area contributed by atoms with Gasteiger partial charge < -0.3 is 20.6 Å². The van der Waals surface area contributed by atoms with E-state index >= 15 is 0 Å². The van der Waals surface area contributed by atoms with Crippen molar-refractivity contribution in [2.24, 2.45) is 0 Å². The summed E-state index contributed by atoms with van der Waals surface area (Å²) in [6.07, 6.45) is -0.0952. The van der Waals surface area contributed by atoms with Crippen molar-refractivity contribution in [1.82, 2.24) is 15.5 Å². The molecule has 0 aromatic carbocycles. The normalized spacial score (nSPS) is 23.4. The van der Waals surface area contributed by atoms with Crippen molar-refractivity contribution in [3.63, 3.8) is 0 Å². The van der Waals surface area contributed by atoms with E-state index in [1.54, 1.807) is 6.92 Å². The van der Waals surface area contributed by atoms with Crippen molar-refractivity contribution in [1.29, 1.82) is 0 Å². The molecule has 0 bridgehead atoms. The topological polar surface area (TPSA) is 98.7 Å². The molecule has 0 aromatic rings. The van der Waals surface area contributed by atoms with Crippen LogP contribution in [0.15, 0.2) is 11.3 Å². The van der Waals surface area contributed by atoms with E-state index in [1.165, 1.54) is 4.90 Å². The monoisotopic (exact) mass is 239 g/mol. The lowest BCUT2D eigenvalue weighted by Gasteiger charge is -2.21. The first kappa shape index (κ1) is 11.4. The van der Waals surface area contributed by atoms with Gasteiger partial charge in [0.15, 0.2) is 0 Å². The Labute approximate surface area is 97.5 Å². The van der Waals surface area contributed by atoms with Gasteiger partial charge in [-0.2, -0.15) is 0 Å². The quantitative estimate of drug-likeness (QED) is 0.604. The average molecular weight is 239 g/mol. The largest absolute Gasteiger partial charge is 0.481 e. The van der Waals surface area contributed by atoms with Gasteiger partial charge in [0.2, 0.25) is 0 Å². The summed E-state index contributed by atoms with van der Waals surface area (Å²) in [5.41, 5.74) is 1.10. The molecule has 0 unspecified atom stereocenters. The molecule has 92 valence electrons. The second-order valence-corrected chi connectivity index (χ2v) is 4.08. The van der Waals surface area contributed by atoms with Crippen LogP contribution in [0.1, 0.15) is 13.3 Å². The molecule has 3 amide bonds. The highest BCUT2D eigenvalue weighted by molar-refractivity contribution is 6.01. The number of carbonyl (C=O) groups excluding carboxylic acids is 2. The highest BCUT2D eigenvalue weighted by Gasteiger charge is 2.37. The SMILES string of the molecule is C[C@@H]1NC(=O)NC2=C1C(=O)N(CCC(=O)O)C2. The number of hydrogen-bond acceptors (Lipinski definition) is 3. The maximum absolute atomic E-state index is 12.0.